The van der Waals surface area contributed by atoms with Crippen LogP contribution in [0, 0.1) is 9.49 Å². The van der Waals surface area contributed by atoms with Crippen LogP contribution < -0.4 is 10.6 Å². The predicted octanol–water partition coefficient (Wildman–Crippen LogP) is 3.98. The molecule has 24 heavy (non-hydrogen) atoms. The van der Waals surface area contributed by atoms with Gasteiger partial charge in [-0.25, -0.2) is 0 Å². The Bertz CT molecular complexity index is 765. The number of pyridine rings is 1. The van der Waals surface area contributed by atoms with Gasteiger partial charge in [0, 0.05) is 28.2 Å². The van der Waals surface area contributed by atoms with Crippen LogP contribution in [0.1, 0.15) is 34.6 Å². The van der Waals surface area contributed by atoms with Crippen LogP contribution in [-0.4, -0.2) is 23.3 Å². The van der Waals surface area contributed by atoms with E-state index in [1.807, 2.05) is 13.8 Å². The predicted molar refractivity (Wildman–Crippen MR) is 104 cm³/mol. The van der Waals surface area contributed by atoms with Gasteiger partial charge >= 0.3 is 0 Å². The lowest BCUT2D eigenvalue weighted by molar-refractivity contribution is 0.0948. The molecule has 1 aromatic heterocycles. The average Bonchev–Trinajstić information content (AvgIpc) is 2.52. The number of carbonyl (C=O) groups excluding carboxylic acids is 2. The number of nitrogens with zero attached hydrogens (tertiary/aromatic N) is 1. The molecule has 0 aliphatic carbocycles. The number of hydrogen-bond acceptors (Lipinski definition) is 3. The summed E-state index contributed by atoms with van der Waals surface area (Å²) >= 11 is 8.26. The van der Waals surface area contributed by atoms with E-state index >= 15 is 0 Å². The SMILES string of the molecule is CC(C)CNC(=O)c1ccc(NC(=O)c2cncc(I)c2)cc1Cl. The topological polar surface area (TPSA) is 71.1 Å². The van der Waals surface area contributed by atoms with Gasteiger partial charge in [-0.15, -0.1) is 0 Å². The standard InChI is InChI=1S/C17H17ClIN3O2/c1-10(2)7-21-17(24)14-4-3-13(6-15(14)18)22-16(23)11-5-12(19)9-20-8-11/h3-6,8-10H,7H2,1-2H3,(H,21,24)(H,22,23). The van der Waals surface area contributed by atoms with Gasteiger partial charge < -0.3 is 10.6 Å². The lowest BCUT2D eigenvalue weighted by atomic mass is 10.1. The van der Waals surface area contributed by atoms with E-state index in [1.54, 1.807) is 30.5 Å². The molecule has 0 spiro atoms. The van der Waals surface area contributed by atoms with Gasteiger partial charge in [0.15, 0.2) is 0 Å². The number of anilines is 1. The summed E-state index contributed by atoms with van der Waals surface area (Å²) in [5.41, 5.74) is 1.35. The molecule has 0 radical (unpaired) electrons. The molecule has 0 fully saturated rings. The van der Waals surface area contributed by atoms with Gasteiger partial charge in [0.05, 0.1) is 16.1 Å². The Morgan fingerprint density at radius 2 is 1.96 bits per heavy atom. The molecule has 0 unspecified atom stereocenters. The smallest absolute Gasteiger partial charge is 0.257 e. The molecule has 2 aromatic rings. The van der Waals surface area contributed by atoms with Crippen molar-refractivity contribution in [2.24, 2.45) is 5.92 Å². The van der Waals surface area contributed by atoms with Crippen molar-refractivity contribution < 1.29 is 9.59 Å². The minimum atomic E-state index is -0.283. The lowest BCUT2D eigenvalue weighted by Crippen LogP contribution is -2.27. The molecule has 2 N–H and O–H groups in total. The minimum absolute atomic E-state index is 0.228. The van der Waals surface area contributed by atoms with Crippen LogP contribution in [0.2, 0.25) is 5.02 Å². The first-order valence-corrected chi connectivity index (χ1v) is 8.82. The Balaban J connectivity index is 2.09. The molecule has 0 bridgehead atoms. The molecule has 126 valence electrons. The molecule has 0 atom stereocenters. The van der Waals surface area contributed by atoms with Crippen molar-refractivity contribution in [3.05, 3.63) is 56.4 Å². The zero-order chi connectivity index (χ0) is 17.7. The van der Waals surface area contributed by atoms with E-state index in [0.717, 1.165) is 3.57 Å². The van der Waals surface area contributed by atoms with Crippen LogP contribution in [-0.2, 0) is 0 Å². The molecule has 2 rings (SSSR count). The van der Waals surface area contributed by atoms with Crippen LogP contribution in [0.5, 0.6) is 0 Å². The average molecular weight is 458 g/mol. The number of hydrogen-bond donors (Lipinski definition) is 2. The Kier molecular flexibility index (Phi) is 6.56. The fourth-order valence-electron chi connectivity index (χ4n) is 1.91. The number of nitrogens with one attached hydrogen (secondary N) is 2. The first-order valence-electron chi connectivity index (χ1n) is 7.36. The molecule has 1 aromatic carbocycles. The van der Waals surface area contributed by atoms with E-state index in [9.17, 15) is 9.59 Å². The number of rotatable bonds is 5. The van der Waals surface area contributed by atoms with Crippen LogP contribution in [0.15, 0.2) is 36.7 Å². The third-order valence-corrected chi connectivity index (χ3v) is 4.01. The highest BCUT2D eigenvalue weighted by Gasteiger charge is 2.13. The molecule has 7 heteroatoms. The fraction of sp³-hybridized carbons (Fsp3) is 0.235. The molecule has 2 amide bonds. The fourth-order valence-corrected chi connectivity index (χ4v) is 2.67. The van der Waals surface area contributed by atoms with E-state index in [1.165, 1.54) is 6.20 Å². The van der Waals surface area contributed by atoms with Crippen molar-refractivity contribution in [1.29, 1.82) is 0 Å². The summed E-state index contributed by atoms with van der Waals surface area (Å²) in [6.07, 6.45) is 3.16. The largest absolute Gasteiger partial charge is 0.352 e. The van der Waals surface area contributed by atoms with Gasteiger partial charge in [0.1, 0.15) is 0 Å². The Morgan fingerprint density at radius 1 is 1.21 bits per heavy atom. The number of benzene rings is 1. The summed E-state index contributed by atoms with van der Waals surface area (Å²) in [5.74, 6) is -0.156. The van der Waals surface area contributed by atoms with Crippen molar-refractivity contribution >= 4 is 51.7 Å². The highest BCUT2D eigenvalue weighted by atomic mass is 127. The second-order valence-electron chi connectivity index (χ2n) is 5.64. The van der Waals surface area contributed by atoms with Crippen molar-refractivity contribution in [2.75, 3.05) is 11.9 Å². The van der Waals surface area contributed by atoms with Crippen molar-refractivity contribution in [3.63, 3.8) is 0 Å². The highest BCUT2D eigenvalue weighted by Crippen LogP contribution is 2.21. The van der Waals surface area contributed by atoms with Crippen LogP contribution >= 0.6 is 34.2 Å². The van der Waals surface area contributed by atoms with Crippen molar-refractivity contribution in [2.45, 2.75) is 13.8 Å². The number of halogens is 2. The number of carbonyl (C=O) groups is 2. The monoisotopic (exact) mass is 457 g/mol. The molecule has 0 aliphatic heterocycles. The van der Waals surface area contributed by atoms with Crippen LogP contribution in [0.4, 0.5) is 5.69 Å². The van der Waals surface area contributed by atoms with Gasteiger partial charge in [-0.2, -0.15) is 0 Å². The van der Waals surface area contributed by atoms with E-state index in [2.05, 4.69) is 38.2 Å². The first kappa shape index (κ1) is 18.7. The number of amides is 2. The summed E-state index contributed by atoms with van der Waals surface area (Å²) in [4.78, 5) is 28.3. The summed E-state index contributed by atoms with van der Waals surface area (Å²) < 4.78 is 0.871. The summed E-state index contributed by atoms with van der Waals surface area (Å²) in [6.45, 7) is 4.60. The van der Waals surface area contributed by atoms with Gasteiger partial charge in [0.2, 0.25) is 0 Å². The van der Waals surface area contributed by atoms with Crippen LogP contribution in [0.25, 0.3) is 0 Å². The van der Waals surface area contributed by atoms with Crippen molar-refractivity contribution in [1.82, 2.24) is 10.3 Å². The molecule has 0 saturated heterocycles. The second-order valence-corrected chi connectivity index (χ2v) is 7.30. The third-order valence-electron chi connectivity index (χ3n) is 3.11. The Hall–Kier alpha value is -1.67. The molecule has 0 aliphatic rings. The maximum absolute atomic E-state index is 12.2. The van der Waals surface area contributed by atoms with Gasteiger partial charge in [0.25, 0.3) is 11.8 Å². The molecular formula is C17H17ClIN3O2. The maximum atomic E-state index is 12.2. The molecular weight excluding hydrogens is 441 g/mol. The highest BCUT2D eigenvalue weighted by molar-refractivity contribution is 14.1. The van der Waals surface area contributed by atoms with Gasteiger partial charge in [-0.1, -0.05) is 25.4 Å². The van der Waals surface area contributed by atoms with E-state index < -0.39 is 0 Å². The quantitative estimate of drug-likeness (QED) is 0.667. The zero-order valence-electron chi connectivity index (χ0n) is 13.3. The normalized spacial score (nSPS) is 10.5. The van der Waals surface area contributed by atoms with Crippen LogP contribution in [0.3, 0.4) is 0 Å². The minimum Gasteiger partial charge on any atom is -0.352 e. The number of aromatic nitrogens is 1. The van der Waals surface area contributed by atoms with Gasteiger partial charge in [-0.05, 0) is 52.8 Å². The van der Waals surface area contributed by atoms with E-state index in [-0.39, 0.29) is 16.8 Å². The first-order chi connectivity index (χ1) is 11.4. The third kappa shape index (κ3) is 5.17. The Morgan fingerprint density at radius 3 is 2.58 bits per heavy atom. The molecule has 0 saturated carbocycles. The molecule has 1 heterocycles. The lowest BCUT2D eigenvalue weighted by Gasteiger charge is -2.11. The van der Waals surface area contributed by atoms with E-state index in [0.29, 0.717) is 29.3 Å². The zero-order valence-corrected chi connectivity index (χ0v) is 16.2. The summed E-state index contributed by atoms with van der Waals surface area (Å²) in [5, 5.41) is 5.84. The Labute approximate surface area is 159 Å². The summed E-state index contributed by atoms with van der Waals surface area (Å²) in [7, 11) is 0. The van der Waals surface area contributed by atoms with Gasteiger partial charge in [-0.3, -0.25) is 14.6 Å². The molecule has 5 nitrogen and oxygen atoms in total. The summed E-state index contributed by atoms with van der Waals surface area (Å²) in [6, 6.07) is 6.54. The van der Waals surface area contributed by atoms with Crippen molar-refractivity contribution in [3.8, 4) is 0 Å². The van der Waals surface area contributed by atoms with E-state index in [4.69, 9.17) is 11.6 Å². The second kappa shape index (κ2) is 8.43. The maximum Gasteiger partial charge on any atom is 0.257 e.